The average molecular weight is 344 g/mol. The Bertz CT molecular complexity index is 812. The lowest BCUT2D eigenvalue weighted by Gasteiger charge is -2.26. The molecule has 3 rings (SSSR count). The van der Waals surface area contributed by atoms with E-state index in [9.17, 15) is 9.59 Å². The van der Waals surface area contributed by atoms with Crippen LogP contribution in [0, 0.1) is 5.92 Å². The topological polar surface area (TPSA) is 76.9 Å². The maximum absolute atomic E-state index is 12.4. The molecule has 0 saturated carbocycles. The molecule has 1 aliphatic heterocycles. The zero-order valence-corrected chi connectivity index (χ0v) is 14.8. The van der Waals surface area contributed by atoms with Gasteiger partial charge in [-0.25, -0.2) is 4.98 Å². The van der Waals surface area contributed by atoms with Gasteiger partial charge in [0.1, 0.15) is 0 Å². The summed E-state index contributed by atoms with van der Waals surface area (Å²) < 4.78 is 1.59. The van der Waals surface area contributed by atoms with Gasteiger partial charge in [0.2, 0.25) is 5.91 Å². The van der Waals surface area contributed by atoms with Crippen molar-refractivity contribution in [2.24, 2.45) is 5.92 Å². The monoisotopic (exact) mass is 344 g/mol. The van der Waals surface area contributed by atoms with Crippen molar-refractivity contribution >= 4 is 23.4 Å². The second-order valence-corrected chi connectivity index (χ2v) is 7.85. The van der Waals surface area contributed by atoms with Crippen LogP contribution in [0.4, 0.5) is 5.69 Å². The van der Waals surface area contributed by atoms with Crippen LogP contribution in [0.1, 0.15) is 26.5 Å². The van der Waals surface area contributed by atoms with Crippen molar-refractivity contribution < 1.29 is 4.79 Å². The Morgan fingerprint density at radius 2 is 2.21 bits per heavy atom. The van der Waals surface area contributed by atoms with Gasteiger partial charge >= 0.3 is 0 Å². The van der Waals surface area contributed by atoms with E-state index in [-0.39, 0.29) is 22.8 Å². The number of aromatic nitrogens is 3. The number of hydrogen-bond donors (Lipinski definition) is 1. The van der Waals surface area contributed by atoms with Gasteiger partial charge in [0.05, 0.1) is 23.5 Å². The van der Waals surface area contributed by atoms with Crippen molar-refractivity contribution in [2.45, 2.75) is 37.9 Å². The van der Waals surface area contributed by atoms with Crippen LogP contribution in [0.3, 0.4) is 0 Å². The van der Waals surface area contributed by atoms with Crippen molar-refractivity contribution in [2.75, 3.05) is 11.1 Å². The number of amides is 1. The molecule has 3 heterocycles. The Morgan fingerprint density at radius 3 is 2.88 bits per heavy atom. The van der Waals surface area contributed by atoms with Crippen LogP contribution < -0.4 is 10.9 Å². The first-order chi connectivity index (χ1) is 11.3. The Balaban J connectivity index is 1.80. The molecule has 0 saturated heterocycles. The Morgan fingerprint density at radius 1 is 1.42 bits per heavy atom. The molecular weight excluding hydrogens is 324 g/mol. The number of carbonyl (C=O) groups excluding carboxylic acids is 1. The third kappa shape index (κ3) is 3.51. The van der Waals surface area contributed by atoms with Gasteiger partial charge in [-0.15, -0.1) is 0 Å². The minimum absolute atomic E-state index is 0.101. The summed E-state index contributed by atoms with van der Waals surface area (Å²) in [6.07, 6.45) is 3.26. The van der Waals surface area contributed by atoms with Gasteiger partial charge in [-0.3, -0.25) is 19.1 Å². The van der Waals surface area contributed by atoms with Gasteiger partial charge in [0.15, 0.2) is 5.16 Å². The maximum atomic E-state index is 12.4. The second-order valence-electron chi connectivity index (χ2n) is 6.86. The summed E-state index contributed by atoms with van der Waals surface area (Å²) in [6, 6.07) is 5.13. The SMILES string of the molecule is CC(C)(C)c1cc(=O)n2c(n1)SCC(C(=O)Nc1cccnc1)C2. The number of nitrogens with one attached hydrogen (secondary N) is 1. The number of pyridine rings is 1. The smallest absolute Gasteiger partial charge is 0.254 e. The van der Waals surface area contributed by atoms with E-state index in [2.05, 4.69) is 15.3 Å². The number of carbonyl (C=O) groups is 1. The van der Waals surface area contributed by atoms with E-state index in [4.69, 9.17) is 0 Å². The molecule has 1 N–H and O–H groups in total. The average Bonchev–Trinajstić information content (AvgIpc) is 2.54. The van der Waals surface area contributed by atoms with E-state index < -0.39 is 0 Å². The standard InChI is InChI=1S/C17H20N4O2S/c1-17(2,3)13-7-14(22)21-9-11(10-24-16(21)20-13)15(23)19-12-5-4-6-18-8-12/h4-8,11H,9-10H2,1-3H3,(H,19,23). The van der Waals surface area contributed by atoms with Crippen LogP contribution in [-0.4, -0.2) is 26.2 Å². The van der Waals surface area contributed by atoms with E-state index in [1.54, 1.807) is 35.2 Å². The van der Waals surface area contributed by atoms with Gasteiger partial charge in [-0.2, -0.15) is 0 Å². The zero-order valence-electron chi connectivity index (χ0n) is 13.9. The molecule has 24 heavy (non-hydrogen) atoms. The number of anilines is 1. The predicted molar refractivity (Wildman–Crippen MR) is 94.3 cm³/mol. The van der Waals surface area contributed by atoms with Gasteiger partial charge < -0.3 is 5.32 Å². The summed E-state index contributed by atoms with van der Waals surface area (Å²) in [5, 5.41) is 3.54. The molecule has 1 amide bonds. The van der Waals surface area contributed by atoms with Crippen molar-refractivity contribution in [3.8, 4) is 0 Å². The van der Waals surface area contributed by atoms with Crippen LogP contribution in [0.15, 0.2) is 40.5 Å². The van der Waals surface area contributed by atoms with Crippen molar-refractivity contribution in [3.63, 3.8) is 0 Å². The number of hydrogen-bond acceptors (Lipinski definition) is 5. The second kappa shape index (κ2) is 6.39. The quantitative estimate of drug-likeness (QED) is 0.846. The first-order valence-corrected chi connectivity index (χ1v) is 8.79. The molecule has 2 aromatic rings. The van der Waals surface area contributed by atoms with Gasteiger partial charge in [0, 0.05) is 30.0 Å². The number of rotatable bonds is 2. The lowest BCUT2D eigenvalue weighted by molar-refractivity contribution is -0.119. The van der Waals surface area contributed by atoms with Crippen molar-refractivity contribution in [1.82, 2.24) is 14.5 Å². The van der Waals surface area contributed by atoms with E-state index in [1.807, 2.05) is 20.8 Å². The minimum Gasteiger partial charge on any atom is -0.324 e. The highest BCUT2D eigenvalue weighted by molar-refractivity contribution is 7.99. The largest absolute Gasteiger partial charge is 0.324 e. The summed E-state index contributed by atoms with van der Waals surface area (Å²) in [6.45, 7) is 6.45. The highest BCUT2D eigenvalue weighted by atomic mass is 32.2. The highest BCUT2D eigenvalue weighted by Crippen LogP contribution is 2.28. The van der Waals surface area contributed by atoms with Crippen molar-refractivity contribution in [3.05, 3.63) is 46.6 Å². The Kier molecular flexibility index (Phi) is 4.45. The lowest BCUT2D eigenvalue weighted by Crippen LogP contribution is -2.37. The summed E-state index contributed by atoms with van der Waals surface area (Å²) in [7, 11) is 0. The lowest BCUT2D eigenvalue weighted by atomic mass is 9.92. The zero-order chi connectivity index (χ0) is 17.3. The van der Waals surface area contributed by atoms with Crippen LogP contribution >= 0.6 is 11.8 Å². The molecule has 0 spiro atoms. The predicted octanol–water partition coefficient (Wildman–Crippen LogP) is 2.30. The molecular formula is C17H20N4O2S. The number of fused-ring (bicyclic) bond motifs is 1. The first-order valence-electron chi connectivity index (χ1n) is 7.80. The fraction of sp³-hybridized carbons (Fsp3) is 0.412. The fourth-order valence-electron chi connectivity index (χ4n) is 2.44. The molecule has 0 bridgehead atoms. The summed E-state index contributed by atoms with van der Waals surface area (Å²) in [4.78, 5) is 33.4. The third-order valence-electron chi connectivity index (χ3n) is 3.86. The molecule has 6 nitrogen and oxygen atoms in total. The van der Waals surface area contributed by atoms with Crippen LogP contribution in [0.5, 0.6) is 0 Å². The van der Waals surface area contributed by atoms with Crippen LogP contribution in [-0.2, 0) is 16.8 Å². The Labute approximate surface area is 144 Å². The van der Waals surface area contributed by atoms with E-state index in [1.165, 1.54) is 11.8 Å². The summed E-state index contributed by atoms with van der Waals surface area (Å²) in [5.74, 6) is 0.224. The van der Waals surface area contributed by atoms with Gasteiger partial charge in [0.25, 0.3) is 5.56 Å². The summed E-state index contributed by atoms with van der Waals surface area (Å²) in [5.41, 5.74) is 1.16. The van der Waals surface area contributed by atoms with E-state index in [0.29, 0.717) is 23.1 Å². The van der Waals surface area contributed by atoms with Crippen molar-refractivity contribution in [1.29, 1.82) is 0 Å². The third-order valence-corrected chi connectivity index (χ3v) is 5.00. The minimum atomic E-state index is -0.275. The molecule has 2 aromatic heterocycles. The highest BCUT2D eigenvalue weighted by Gasteiger charge is 2.28. The van der Waals surface area contributed by atoms with Gasteiger partial charge in [-0.1, -0.05) is 32.5 Å². The molecule has 0 radical (unpaired) electrons. The van der Waals surface area contributed by atoms with E-state index in [0.717, 1.165) is 5.69 Å². The number of thioether (sulfide) groups is 1. The first kappa shape index (κ1) is 16.7. The van der Waals surface area contributed by atoms with Gasteiger partial charge in [-0.05, 0) is 12.1 Å². The molecule has 0 aliphatic carbocycles. The molecule has 1 aliphatic rings. The Hall–Kier alpha value is -2.15. The maximum Gasteiger partial charge on any atom is 0.254 e. The summed E-state index contributed by atoms with van der Waals surface area (Å²) >= 11 is 1.46. The van der Waals surface area contributed by atoms with E-state index >= 15 is 0 Å². The van der Waals surface area contributed by atoms with Crippen LogP contribution in [0.2, 0.25) is 0 Å². The molecule has 1 unspecified atom stereocenters. The molecule has 0 fully saturated rings. The normalized spacial score (nSPS) is 17.2. The fourth-order valence-corrected chi connectivity index (χ4v) is 3.53. The molecule has 1 atom stereocenters. The molecule has 126 valence electrons. The van der Waals surface area contributed by atoms with Crippen LogP contribution in [0.25, 0.3) is 0 Å². The molecule has 0 aromatic carbocycles. The molecule has 7 heteroatoms. The number of nitrogens with zero attached hydrogens (tertiary/aromatic N) is 3.